The van der Waals surface area contributed by atoms with Crippen LogP contribution in [0.4, 0.5) is 13.2 Å². The predicted octanol–water partition coefficient (Wildman–Crippen LogP) is 3.92. The van der Waals surface area contributed by atoms with Crippen LogP contribution in [0.25, 0.3) is 11.3 Å². The molecule has 0 saturated carbocycles. The molecule has 2 aromatic rings. The summed E-state index contributed by atoms with van der Waals surface area (Å²) in [6.07, 6.45) is -2.46. The van der Waals surface area contributed by atoms with E-state index in [-0.39, 0.29) is 30.3 Å². The summed E-state index contributed by atoms with van der Waals surface area (Å²) in [6, 6.07) is 5.43. The SMILES string of the molecule is COc1nccc(-c2ccc(OCC(C)CC(C)N)c(C(F)(F)F)c2)n1. The second-order valence-corrected chi connectivity index (χ2v) is 6.27. The average Bonchev–Trinajstić information content (AvgIpc) is 2.58. The molecule has 8 heteroatoms. The highest BCUT2D eigenvalue weighted by Gasteiger charge is 2.35. The summed E-state index contributed by atoms with van der Waals surface area (Å²) in [6.45, 7) is 3.89. The van der Waals surface area contributed by atoms with Crippen molar-refractivity contribution < 1.29 is 22.6 Å². The van der Waals surface area contributed by atoms with Gasteiger partial charge >= 0.3 is 12.2 Å². The smallest absolute Gasteiger partial charge is 0.419 e. The summed E-state index contributed by atoms with van der Waals surface area (Å²) in [5.74, 6) is -0.166. The monoisotopic (exact) mass is 369 g/mol. The highest BCUT2D eigenvalue weighted by molar-refractivity contribution is 5.62. The van der Waals surface area contributed by atoms with Crippen molar-refractivity contribution in [2.24, 2.45) is 11.7 Å². The maximum atomic E-state index is 13.5. The molecule has 1 heterocycles. The Morgan fingerprint density at radius 2 is 1.92 bits per heavy atom. The van der Waals surface area contributed by atoms with Crippen molar-refractivity contribution in [2.45, 2.75) is 32.5 Å². The molecule has 1 aromatic carbocycles. The van der Waals surface area contributed by atoms with Crippen LogP contribution >= 0.6 is 0 Å². The van der Waals surface area contributed by atoms with E-state index in [2.05, 4.69) is 9.97 Å². The molecule has 26 heavy (non-hydrogen) atoms. The molecule has 2 unspecified atom stereocenters. The summed E-state index contributed by atoms with van der Waals surface area (Å²) in [7, 11) is 1.39. The molecule has 2 rings (SSSR count). The number of benzene rings is 1. The van der Waals surface area contributed by atoms with Crippen molar-refractivity contribution in [3.63, 3.8) is 0 Å². The molecule has 0 spiro atoms. The van der Waals surface area contributed by atoms with Crippen LogP contribution in [0.5, 0.6) is 11.8 Å². The molecule has 2 atom stereocenters. The molecule has 1 aromatic heterocycles. The van der Waals surface area contributed by atoms with Crippen LogP contribution in [0.2, 0.25) is 0 Å². The van der Waals surface area contributed by atoms with Crippen molar-refractivity contribution in [3.8, 4) is 23.0 Å². The number of nitrogens with two attached hydrogens (primary N) is 1. The van der Waals surface area contributed by atoms with Crippen LogP contribution in [-0.2, 0) is 6.18 Å². The van der Waals surface area contributed by atoms with E-state index in [0.29, 0.717) is 17.7 Å². The Kier molecular flexibility index (Phi) is 6.42. The molecular weight excluding hydrogens is 347 g/mol. The van der Waals surface area contributed by atoms with E-state index < -0.39 is 11.7 Å². The lowest BCUT2D eigenvalue weighted by Crippen LogP contribution is -2.22. The normalized spacial score (nSPS) is 14.0. The molecule has 0 aliphatic carbocycles. The third kappa shape index (κ3) is 5.32. The largest absolute Gasteiger partial charge is 0.493 e. The highest BCUT2D eigenvalue weighted by Crippen LogP contribution is 2.38. The lowest BCUT2D eigenvalue weighted by molar-refractivity contribution is -0.139. The van der Waals surface area contributed by atoms with Crippen LogP contribution in [0, 0.1) is 5.92 Å². The molecule has 0 radical (unpaired) electrons. The molecule has 0 fully saturated rings. The molecule has 142 valence electrons. The van der Waals surface area contributed by atoms with Gasteiger partial charge < -0.3 is 15.2 Å². The predicted molar refractivity (Wildman–Crippen MR) is 91.9 cm³/mol. The minimum atomic E-state index is -4.55. The van der Waals surface area contributed by atoms with Crippen LogP contribution < -0.4 is 15.2 Å². The summed E-state index contributed by atoms with van der Waals surface area (Å²) >= 11 is 0. The zero-order valence-electron chi connectivity index (χ0n) is 14.9. The van der Waals surface area contributed by atoms with E-state index >= 15 is 0 Å². The van der Waals surface area contributed by atoms with Gasteiger partial charge in [-0.2, -0.15) is 18.2 Å². The van der Waals surface area contributed by atoms with Gasteiger partial charge in [-0.05, 0) is 43.5 Å². The Morgan fingerprint density at radius 3 is 2.54 bits per heavy atom. The van der Waals surface area contributed by atoms with Crippen molar-refractivity contribution in [1.82, 2.24) is 9.97 Å². The number of alkyl halides is 3. The minimum Gasteiger partial charge on any atom is -0.493 e. The number of halogens is 3. The van der Waals surface area contributed by atoms with Crippen LogP contribution in [-0.4, -0.2) is 29.7 Å². The zero-order chi connectivity index (χ0) is 19.3. The maximum absolute atomic E-state index is 13.5. The first-order valence-electron chi connectivity index (χ1n) is 8.17. The van der Waals surface area contributed by atoms with Crippen molar-refractivity contribution >= 4 is 0 Å². The number of rotatable bonds is 7. The standard InChI is InChI=1S/C18H22F3N3O2/c1-11(8-12(2)22)10-26-16-5-4-13(9-14(16)18(19,20)21)15-6-7-23-17(24-15)25-3/h4-7,9,11-12H,8,10,22H2,1-3H3. The van der Waals surface area contributed by atoms with E-state index in [1.807, 2.05) is 13.8 Å². The number of methoxy groups -OCH3 is 1. The van der Waals surface area contributed by atoms with E-state index in [4.69, 9.17) is 15.2 Å². The maximum Gasteiger partial charge on any atom is 0.419 e. The third-order valence-electron chi connectivity index (χ3n) is 3.69. The van der Waals surface area contributed by atoms with Gasteiger partial charge in [0.25, 0.3) is 0 Å². The van der Waals surface area contributed by atoms with E-state index in [0.717, 1.165) is 6.07 Å². The molecule has 0 saturated heterocycles. The molecular formula is C18H22F3N3O2. The third-order valence-corrected chi connectivity index (χ3v) is 3.69. The van der Waals surface area contributed by atoms with Crippen LogP contribution in [0.3, 0.4) is 0 Å². The molecule has 5 nitrogen and oxygen atoms in total. The zero-order valence-corrected chi connectivity index (χ0v) is 14.9. The van der Waals surface area contributed by atoms with Gasteiger partial charge in [-0.1, -0.05) is 6.92 Å². The molecule has 0 aliphatic heterocycles. The second-order valence-electron chi connectivity index (χ2n) is 6.27. The number of aromatic nitrogens is 2. The molecule has 0 amide bonds. The van der Waals surface area contributed by atoms with Gasteiger partial charge in [-0.15, -0.1) is 0 Å². The minimum absolute atomic E-state index is 0.0363. The summed E-state index contributed by atoms with van der Waals surface area (Å²) < 4.78 is 50.7. The topological polar surface area (TPSA) is 70.3 Å². The Balaban J connectivity index is 2.30. The first kappa shape index (κ1) is 20.0. The Hall–Kier alpha value is -2.35. The first-order valence-corrected chi connectivity index (χ1v) is 8.17. The molecule has 2 N–H and O–H groups in total. The van der Waals surface area contributed by atoms with Crippen molar-refractivity contribution in [1.29, 1.82) is 0 Å². The van der Waals surface area contributed by atoms with Gasteiger partial charge in [-0.25, -0.2) is 4.98 Å². The molecule has 0 aliphatic rings. The lowest BCUT2D eigenvalue weighted by Gasteiger charge is -2.18. The Labute approximate surface area is 150 Å². The van der Waals surface area contributed by atoms with Gasteiger partial charge in [-0.3, -0.25) is 0 Å². The van der Waals surface area contributed by atoms with Gasteiger partial charge in [0.2, 0.25) is 0 Å². The van der Waals surface area contributed by atoms with E-state index in [1.54, 1.807) is 0 Å². The Bertz CT molecular complexity index is 736. The fourth-order valence-corrected chi connectivity index (χ4v) is 2.57. The fourth-order valence-electron chi connectivity index (χ4n) is 2.57. The quantitative estimate of drug-likeness (QED) is 0.801. The highest BCUT2D eigenvalue weighted by atomic mass is 19.4. The Morgan fingerprint density at radius 1 is 1.19 bits per heavy atom. The number of hydrogen-bond donors (Lipinski definition) is 1. The van der Waals surface area contributed by atoms with Crippen molar-refractivity contribution in [2.75, 3.05) is 13.7 Å². The number of hydrogen-bond acceptors (Lipinski definition) is 5. The summed E-state index contributed by atoms with van der Waals surface area (Å²) in [5.41, 5.74) is 5.50. The number of ether oxygens (including phenoxy) is 2. The van der Waals surface area contributed by atoms with E-state index in [1.165, 1.54) is 31.5 Å². The van der Waals surface area contributed by atoms with Gasteiger partial charge in [0.05, 0.1) is 25.0 Å². The van der Waals surface area contributed by atoms with Crippen LogP contribution in [0.15, 0.2) is 30.5 Å². The fraction of sp³-hybridized carbons (Fsp3) is 0.444. The number of nitrogens with zero attached hydrogens (tertiary/aromatic N) is 2. The van der Waals surface area contributed by atoms with Crippen molar-refractivity contribution in [3.05, 3.63) is 36.0 Å². The van der Waals surface area contributed by atoms with Gasteiger partial charge in [0.15, 0.2) is 0 Å². The van der Waals surface area contributed by atoms with Gasteiger partial charge in [0.1, 0.15) is 5.75 Å². The second kappa shape index (κ2) is 8.35. The van der Waals surface area contributed by atoms with Crippen LogP contribution in [0.1, 0.15) is 25.8 Å². The molecule has 0 bridgehead atoms. The first-order chi connectivity index (χ1) is 12.2. The van der Waals surface area contributed by atoms with E-state index in [9.17, 15) is 13.2 Å². The summed E-state index contributed by atoms with van der Waals surface area (Å²) in [5, 5.41) is 0. The average molecular weight is 369 g/mol. The lowest BCUT2D eigenvalue weighted by atomic mass is 10.0. The van der Waals surface area contributed by atoms with Gasteiger partial charge in [0, 0.05) is 17.8 Å². The summed E-state index contributed by atoms with van der Waals surface area (Å²) in [4.78, 5) is 7.92.